The second-order valence-electron chi connectivity index (χ2n) is 4.21. The summed E-state index contributed by atoms with van der Waals surface area (Å²) < 4.78 is 44.4. The molecule has 0 unspecified atom stereocenters. The van der Waals surface area contributed by atoms with Crippen LogP contribution in [0.15, 0.2) is 30.3 Å². The first kappa shape index (κ1) is 32.7. The molecule has 7 heteroatoms. The molecule has 0 N–H and O–H groups in total. The summed E-state index contributed by atoms with van der Waals surface area (Å²) in [6.45, 7) is 23.3. The second kappa shape index (κ2) is 31.7. The molecule has 0 amide bonds. The van der Waals surface area contributed by atoms with Gasteiger partial charge in [0.15, 0.2) is 0 Å². The van der Waals surface area contributed by atoms with Gasteiger partial charge in [0, 0.05) is 0 Å². The molecule has 1 aliphatic rings. The summed E-state index contributed by atoms with van der Waals surface area (Å²) >= 11 is 2.03. The molecule has 0 atom stereocenters. The molecule has 0 saturated heterocycles. The summed E-state index contributed by atoms with van der Waals surface area (Å²) in [5, 5.41) is 0. The zero-order chi connectivity index (χ0) is 21.9. The van der Waals surface area contributed by atoms with Gasteiger partial charge in [-0.15, -0.1) is 0 Å². The van der Waals surface area contributed by atoms with Crippen LogP contribution in [0.5, 0.6) is 0 Å². The van der Waals surface area contributed by atoms with E-state index in [-0.39, 0.29) is 0 Å². The number of unbranched alkanes of at least 4 members (excludes halogenated alkanes) is 1. The molecule has 1 fully saturated rings. The van der Waals surface area contributed by atoms with E-state index in [9.17, 15) is 0 Å². The van der Waals surface area contributed by atoms with Crippen LogP contribution in [0.1, 0.15) is 31.2 Å². The van der Waals surface area contributed by atoms with Crippen LogP contribution in [0, 0.1) is 51.0 Å². The van der Waals surface area contributed by atoms with Gasteiger partial charge in [-0.1, -0.05) is 0 Å². The van der Waals surface area contributed by atoms with Gasteiger partial charge in [-0.25, -0.2) is 0 Å². The van der Waals surface area contributed by atoms with E-state index in [4.69, 9.17) is 28.0 Å². The minimum atomic E-state index is 0.759. The van der Waals surface area contributed by atoms with E-state index in [1.54, 1.807) is 0 Å². The Morgan fingerprint density at radius 3 is 1.85 bits per heavy atom. The zero-order valence-corrected chi connectivity index (χ0v) is 16.4. The number of hydrogen-bond donors (Lipinski definition) is 0. The number of benzene rings is 1. The molecule has 1 aliphatic carbocycles. The summed E-state index contributed by atoms with van der Waals surface area (Å²) in [6.07, 6.45) is 4.57. The van der Waals surface area contributed by atoms with Crippen LogP contribution in [0.25, 0.3) is 0 Å². The van der Waals surface area contributed by atoms with Crippen molar-refractivity contribution in [2.75, 3.05) is 6.61 Å². The van der Waals surface area contributed by atoms with Gasteiger partial charge in [-0.3, -0.25) is 0 Å². The third-order valence-corrected chi connectivity index (χ3v) is 3.72. The Hall–Kier alpha value is -2.00. The molecule has 138 valence electrons. The first-order chi connectivity index (χ1) is 13.4. The van der Waals surface area contributed by atoms with E-state index in [2.05, 4.69) is 45.1 Å². The van der Waals surface area contributed by atoms with Crippen LogP contribution in [0.2, 0.25) is 0 Å². The molecule has 2 rings (SSSR count). The summed E-state index contributed by atoms with van der Waals surface area (Å²) in [4.78, 5) is 0. The van der Waals surface area contributed by atoms with Gasteiger partial charge in [0.05, 0.1) is 0 Å². The van der Waals surface area contributed by atoms with Crippen LogP contribution in [-0.4, -0.2) is 10.7 Å². The Morgan fingerprint density at radius 1 is 0.926 bits per heavy atom. The first-order valence-corrected chi connectivity index (χ1v) is 8.09. The molecule has 0 heterocycles. The molecule has 0 aromatic heterocycles. The van der Waals surface area contributed by atoms with E-state index in [0.29, 0.717) is 0 Å². The molecule has 6 nitrogen and oxygen atoms in total. The number of ether oxygens (including phenoxy) is 1. The minimum absolute atomic E-state index is 0.759. The van der Waals surface area contributed by atoms with Crippen molar-refractivity contribution in [2.24, 2.45) is 5.92 Å². The van der Waals surface area contributed by atoms with Crippen molar-refractivity contribution in [1.82, 2.24) is 0 Å². The Balaban J connectivity index is -0.000000230. The Morgan fingerprint density at radius 2 is 1.41 bits per heavy atom. The van der Waals surface area contributed by atoms with Crippen molar-refractivity contribution >= 4 is 4.08 Å². The Kier molecular flexibility index (Phi) is 38.4. The third kappa shape index (κ3) is 24.0. The van der Waals surface area contributed by atoms with Crippen molar-refractivity contribution < 1.29 is 47.4 Å². The van der Waals surface area contributed by atoms with Crippen molar-refractivity contribution in [3.8, 4) is 11.8 Å². The quantitative estimate of drug-likeness (QED) is 0.223. The first-order valence-electron chi connectivity index (χ1n) is 7.09. The van der Waals surface area contributed by atoms with E-state index in [0.717, 1.165) is 30.9 Å². The molecule has 1 aromatic rings. The average molecular weight is 448 g/mol. The topological polar surface area (TPSA) is 109 Å². The maximum atomic E-state index is 7.50. The van der Waals surface area contributed by atoms with Crippen LogP contribution < -0.4 is 0 Å². The maximum absolute atomic E-state index is 7.50. The molecular weight excluding hydrogens is 432 g/mol. The van der Waals surface area contributed by atoms with Crippen LogP contribution in [0.3, 0.4) is 0 Å². The normalized spacial score (nSPS) is 9.11. The van der Waals surface area contributed by atoms with E-state index < -0.39 is 0 Å². The Labute approximate surface area is 170 Å². The molecular formula is C20H16MoO6. The van der Waals surface area contributed by atoms with Gasteiger partial charge >= 0.3 is 171 Å². The van der Waals surface area contributed by atoms with Crippen LogP contribution in [-0.2, 0) is 47.4 Å². The summed E-state index contributed by atoms with van der Waals surface area (Å²) in [7, 11) is 0. The molecule has 0 bridgehead atoms. The average Bonchev–Trinajstić information content (AvgIpc) is 3.64. The van der Waals surface area contributed by atoms with E-state index >= 15 is 0 Å². The molecule has 27 heavy (non-hydrogen) atoms. The van der Waals surface area contributed by atoms with Gasteiger partial charge in [-0.05, 0) is 0 Å². The fraction of sp³-hybridized carbons (Fsp3) is 0.300. The monoisotopic (exact) mass is 450 g/mol. The second-order valence-corrected chi connectivity index (χ2v) is 5.20. The molecule has 1 saturated carbocycles. The van der Waals surface area contributed by atoms with Crippen molar-refractivity contribution in [1.29, 1.82) is 0 Å². The van der Waals surface area contributed by atoms with Gasteiger partial charge in [0.2, 0.25) is 0 Å². The van der Waals surface area contributed by atoms with E-state index in [1.807, 2.05) is 49.7 Å². The molecule has 0 spiro atoms. The van der Waals surface area contributed by atoms with Gasteiger partial charge in [0.25, 0.3) is 0 Å². The molecule has 0 radical (unpaired) electrons. The summed E-state index contributed by atoms with van der Waals surface area (Å²) in [5.74, 6) is 7.10. The van der Waals surface area contributed by atoms with Crippen LogP contribution >= 0.6 is 0 Å². The van der Waals surface area contributed by atoms with Gasteiger partial charge < -0.3 is 0 Å². The van der Waals surface area contributed by atoms with Crippen molar-refractivity contribution in [2.45, 2.75) is 25.7 Å². The third-order valence-electron chi connectivity index (χ3n) is 2.61. The van der Waals surface area contributed by atoms with E-state index in [1.165, 1.54) is 16.9 Å². The number of hydrogen-bond acceptors (Lipinski definition) is 1. The van der Waals surface area contributed by atoms with Crippen LogP contribution in [0.4, 0.5) is 0 Å². The SMILES string of the molecule is [C-]#[O+].[C-]#[O+].[C-]#[O+].[C-]#[O+].[C-]#[O+].[Mo]=[C](OCCCC#Cc1ccccc1)C1CC1. The fourth-order valence-corrected chi connectivity index (χ4v) is 2.24. The predicted molar refractivity (Wildman–Crippen MR) is 85.9 cm³/mol. The Bertz CT molecular complexity index is 593. The van der Waals surface area contributed by atoms with Gasteiger partial charge in [0.1, 0.15) is 0 Å². The summed E-state index contributed by atoms with van der Waals surface area (Å²) in [5.41, 5.74) is 1.09. The summed E-state index contributed by atoms with van der Waals surface area (Å²) in [6, 6.07) is 10.1. The standard InChI is InChI=1S/C15H16O.5CO.Mo/c1-3-7-14(8-4-1)9-5-2-6-12-16-13-15-10-11-15;5*1-2;/h1,3-4,7-8,15H,2,6,10-12H2;;;;;;. The zero-order valence-electron chi connectivity index (χ0n) is 14.4. The molecule has 1 aromatic carbocycles. The van der Waals surface area contributed by atoms with Crippen molar-refractivity contribution in [3.63, 3.8) is 0 Å². The number of rotatable bonds is 5. The van der Waals surface area contributed by atoms with Crippen molar-refractivity contribution in [3.05, 3.63) is 69.1 Å². The molecule has 0 aliphatic heterocycles. The fourth-order valence-electron chi connectivity index (χ4n) is 1.46. The van der Waals surface area contributed by atoms with Gasteiger partial charge in [-0.2, -0.15) is 0 Å². The predicted octanol–water partition coefficient (Wildman–Crippen LogP) is 2.73.